The third-order valence-electron chi connectivity index (χ3n) is 17.9. The van der Waals surface area contributed by atoms with E-state index >= 15 is 28.8 Å². The molecule has 93 heavy (non-hydrogen) atoms. The van der Waals surface area contributed by atoms with Crippen molar-refractivity contribution in [2.24, 2.45) is 0 Å². The van der Waals surface area contributed by atoms with Crippen molar-refractivity contribution < 1.29 is 43.5 Å². The van der Waals surface area contributed by atoms with E-state index < -0.39 is 68.3 Å². The van der Waals surface area contributed by atoms with Crippen molar-refractivity contribution in [1.29, 1.82) is 0 Å². The van der Waals surface area contributed by atoms with E-state index in [-0.39, 0.29) is 85.6 Å². The number of hydrogen-bond acceptors (Lipinski definition) is 12. The van der Waals surface area contributed by atoms with Gasteiger partial charge in [-0.15, -0.1) is 0 Å². The lowest BCUT2D eigenvalue weighted by molar-refractivity contribution is -0.385. The molecule has 3 N–H and O–H groups in total. The van der Waals surface area contributed by atoms with Crippen molar-refractivity contribution in [3.8, 4) is 0 Å². The fraction of sp³-hybridized carbons (Fsp3) is 0.333. The van der Waals surface area contributed by atoms with E-state index in [1.54, 1.807) is 72.8 Å². The third kappa shape index (κ3) is 15.7. The normalized spacial score (nSPS) is 15.5. The molecule has 7 aromatic carbocycles. The maximum Gasteiger partial charge on any atom is 0.269 e. The molecule has 3 aliphatic rings. The Bertz CT molecular complexity index is 3470. The molecule has 0 unspecified atom stereocenters. The maximum absolute atomic E-state index is 16.6. The van der Waals surface area contributed by atoms with Gasteiger partial charge < -0.3 is 16.0 Å². The van der Waals surface area contributed by atoms with Crippen LogP contribution in [0.5, 0.6) is 0 Å². The summed E-state index contributed by atoms with van der Waals surface area (Å²) in [6, 6.07) is 34.4. The van der Waals surface area contributed by atoms with Crippen molar-refractivity contribution in [1.82, 2.24) is 16.0 Å². The Kier molecular flexibility index (Phi) is 20.9. The van der Waals surface area contributed by atoms with E-state index in [0.717, 1.165) is 74.5 Å². The number of hydrogen-bond donors (Lipinski definition) is 3. The smallest absolute Gasteiger partial charge is 0.269 e. The second kappa shape index (κ2) is 29.7. The van der Waals surface area contributed by atoms with E-state index in [1.165, 1.54) is 106 Å². The van der Waals surface area contributed by atoms with Gasteiger partial charge >= 0.3 is 0 Å². The lowest BCUT2D eigenvalue weighted by Crippen LogP contribution is -2.48. The van der Waals surface area contributed by atoms with Gasteiger partial charge in [-0.1, -0.05) is 111 Å². The SMILES string of the molecule is Cc1ccc(N(C(=O)c2cc(C(=O)N(c3ccc(C)cc3)[C@@H](C(=O)NC3CCCCC3)c3ccc([N+](=O)[O-])cc3)cc(C(=O)N(c3ccc(C)cc3)[C@@H](C(=O)NC3CCCCC3)c3ccc([N+](=O)[O-])cc3)c2)[C@@H](C(=O)NC2CCCCC2)c2ccc([N+](=O)[O-])cc2)cc1. The molecule has 7 aromatic rings. The Hall–Kier alpha value is -10.4. The molecule has 3 fully saturated rings. The quantitative estimate of drug-likeness (QED) is 0.0447. The van der Waals surface area contributed by atoms with Crippen molar-refractivity contribution in [2.45, 2.75) is 153 Å². The van der Waals surface area contributed by atoms with Gasteiger partial charge in [0, 0.05) is 88.3 Å². The number of aryl methyl sites for hydroxylation is 3. The number of nitro groups is 3. The molecule has 3 aliphatic carbocycles. The molecule has 6 amide bonds. The molecule has 0 saturated heterocycles. The molecule has 3 atom stereocenters. The van der Waals surface area contributed by atoms with Gasteiger partial charge in [0.15, 0.2) is 0 Å². The van der Waals surface area contributed by atoms with Crippen molar-refractivity contribution >= 4 is 69.6 Å². The number of nitro benzene ring substituents is 3. The Balaban J connectivity index is 1.23. The molecule has 0 heterocycles. The zero-order chi connectivity index (χ0) is 65.9. The van der Waals surface area contributed by atoms with Gasteiger partial charge in [0.1, 0.15) is 18.1 Å². The molecule has 10 rings (SSSR count). The fourth-order valence-corrected chi connectivity index (χ4v) is 12.9. The van der Waals surface area contributed by atoms with Crippen LogP contribution in [0.25, 0.3) is 0 Å². The van der Waals surface area contributed by atoms with Gasteiger partial charge in [-0.2, -0.15) is 0 Å². The van der Waals surface area contributed by atoms with Crippen LogP contribution in [0.15, 0.2) is 164 Å². The highest BCUT2D eigenvalue weighted by molar-refractivity contribution is 6.18. The summed E-state index contributed by atoms with van der Waals surface area (Å²) in [5.41, 5.74) is 1.71. The average Bonchev–Trinajstić information content (AvgIpc) is 0.779. The van der Waals surface area contributed by atoms with E-state index in [0.29, 0.717) is 38.5 Å². The zero-order valence-electron chi connectivity index (χ0n) is 52.2. The topological polar surface area (TPSA) is 278 Å². The lowest BCUT2D eigenvalue weighted by atomic mass is 9.93. The molecule has 0 aliphatic heterocycles. The van der Waals surface area contributed by atoms with Crippen LogP contribution in [0, 0.1) is 51.1 Å². The first kappa shape index (κ1) is 65.5. The molecule has 480 valence electrons. The number of carbonyl (C=O) groups is 6. The van der Waals surface area contributed by atoms with Gasteiger partial charge in [-0.05, 0) is 167 Å². The summed E-state index contributed by atoms with van der Waals surface area (Å²) in [5.74, 6) is -4.61. The van der Waals surface area contributed by atoms with Gasteiger partial charge in [0.25, 0.3) is 34.8 Å². The second-order valence-electron chi connectivity index (χ2n) is 24.6. The van der Waals surface area contributed by atoms with Gasteiger partial charge in [-0.25, -0.2) is 0 Å². The maximum atomic E-state index is 16.6. The molecule has 0 spiro atoms. The number of non-ortho nitro benzene ring substituents is 3. The summed E-state index contributed by atoms with van der Waals surface area (Å²) in [5, 5.41) is 45.9. The highest BCUT2D eigenvalue weighted by Gasteiger charge is 2.41. The number of amides is 6. The first-order valence-electron chi connectivity index (χ1n) is 31.8. The minimum atomic E-state index is -1.54. The summed E-state index contributed by atoms with van der Waals surface area (Å²) in [4.78, 5) is 134. The van der Waals surface area contributed by atoms with Gasteiger partial charge in [-0.3, -0.25) is 73.8 Å². The third-order valence-corrected chi connectivity index (χ3v) is 17.9. The van der Waals surface area contributed by atoms with Gasteiger partial charge in [0.05, 0.1) is 14.8 Å². The van der Waals surface area contributed by atoms with Crippen LogP contribution in [0.1, 0.15) is 179 Å². The highest BCUT2D eigenvalue weighted by Crippen LogP contribution is 2.38. The summed E-state index contributed by atoms with van der Waals surface area (Å²) < 4.78 is 0. The van der Waals surface area contributed by atoms with E-state index in [9.17, 15) is 30.3 Å². The number of benzene rings is 7. The predicted octanol–water partition coefficient (Wildman–Crippen LogP) is 13.8. The summed E-state index contributed by atoms with van der Waals surface area (Å²) >= 11 is 0. The Morgan fingerprint density at radius 2 is 0.559 bits per heavy atom. The van der Waals surface area contributed by atoms with Crippen LogP contribution < -0.4 is 30.7 Å². The molecular weight excluding hydrogens is 1180 g/mol. The molecule has 21 heteroatoms. The standard InChI is InChI=1S/C72H75N9O12/c1-46-19-31-58(32-20-46)76(64(49-25-37-61(38-26-49)79(88)89)67(82)73-55-13-7-4-8-14-55)70(85)52-43-53(71(86)77(59-33-21-47(2)22-34-59)65(50-27-39-62(40-28-50)80(90)91)68(83)74-56-15-9-5-10-16-56)45-54(44-52)72(87)78(60-35-23-48(3)24-36-60)66(51-29-41-63(42-30-51)81(92)93)69(84)75-57-17-11-6-12-18-57/h19-45,55-57,64-66H,4-18H2,1-3H3,(H,73,82)(H,74,83)(H,75,84)/t64-,65-,66-/m1/s1. The summed E-state index contributed by atoms with van der Waals surface area (Å²) in [6.07, 6.45) is 11.8. The largest absolute Gasteiger partial charge is 0.351 e. The zero-order valence-corrected chi connectivity index (χ0v) is 52.2. The first-order chi connectivity index (χ1) is 44.8. The molecule has 0 radical (unpaired) electrons. The van der Waals surface area contributed by atoms with Crippen LogP contribution >= 0.6 is 0 Å². The Morgan fingerprint density at radius 1 is 0.344 bits per heavy atom. The van der Waals surface area contributed by atoms with Crippen LogP contribution in [0.2, 0.25) is 0 Å². The number of carbonyl (C=O) groups excluding carboxylic acids is 6. The Labute approximate surface area is 539 Å². The number of nitrogens with one attached hydrogen (secondary N) is 3. The highest BCUT2D eigenvalue weighted by atomic mass is 16.6. The van der Waals surface area contributed by atoms with Gasteiger partial charge in [0.2, 0.25) is 17.7 Å². The molecule has 0 aromatic heterocycles. The van der Waals surface area contributed by atoms with Crippen molar-refractivity contribution in [3.63, 3.8) is 0 Å². The van der Waals surface area contributed by atoms with Crippen LogP contribution in [0.4, 0.5) is 34.1 Å². The monoisotopic (exact) mass is 1260 g/mol. The average molecular weight is 1260 g/mol. The minimum Gasteiger partial charge on any atom is -0.351 e. The lowest BCUT2D eigenvalue weighted by Gasteiger charge is -2.35. The van der Waals surface area contributed by atoms with Crippen LogP contribution in [-0.2, 0) is 14.4 Å². The first-order valence-corrected chi connectivity index (χ1v) is 31.8. The van der Waals surface area contributed by atoms with Crippen molar-refractivity contribution in [2.75, 3.05) is 14.7 Å². The van der Waals surface area contributed by atoms with Crippen molar-refractivity contribution in [3.05, 3.63) is 244 Å². The molecule has 0 bridgehead atoms. The molecule has 3 saturated carbocycles. The fourth-order valence-electron chi connectivity index (χ4n) is 12.9. The molecule has 21 nitrogen and oxygen atoms in total. The number of anilines is 3. The number of rotatable bonds is 21. The summed E-state index contributed by atoms with van der Waals surface area (Å²) in [6.45, 7) is 5.51. The van der Waals surface area contributed by atoms with E-state index in [4.69, 9.17) is 0 Å². The second-order valence-corrected chi connectivity index (χ2v) is 24.6. The predicted molar refractivity (Wildman–Crippen MR) is 353 cm³/mol. The van der Waals surface area contributed by atoms with Crippen LogP contribution in [0.3, 0.4) is 0 Å². The van der Waals surface area contributed by atoms with E-state index in [2.05, 4.69) is 16.0 Å². The Morgan fingerprint density at radius 3 is 0.763 bits per heavy atom. The van der Waals surface area contributed by atoms with E-state index in [1.807, 2.05) is 20.8 Å². The summed E-state index contributed by atoms with van der Waals surface area (Å²) in [7, 11) is 0. The number of nitrogens with zero attached hydrogens (tertiary/aromatic N) is 6. The minimum absolute atomic E-state index is 0.187. The molecular formula is C72H75N9O12. The van der Waals surface area contributed by atoms with Crippen LogP contribution in [-0.4, -0.2) is 68.3 Å².